The van der Waals surface area contributed by atoms with Crippen molar-refractivity contribution in [2.24, 2.45) is 5.92 Å². The summed E-state index contributed by atoms with van der Waals surface area (Å²) in [4.78, 5) is 39.3. The molecule has 0 radical (unpaired) electrons. The zero-order valence-electron chi connectivity index (χ0n) is 18.2. The molecule has 31 heavy (non-hydrogen) atoms. The molecule has 1 aromatic carbocycles. The number of hydrogen-bond donors (Lipinski definition) is 0. The van der Waals surface area contributed by atoms with Gasteiger partial charge in [0.2, 0.25) is 11.7 Å². The van der Waals surface area contributed by atoms with Gasteiger partial charge in [0, 0.05) is 36.5 Å². The summed E-state index contributed by atoms with van der Waals surface area (Å²) in [6, 6.07) is 9.02. The van der Waals surface area contributed by atoms with Crippen molar-refractivity contribution < 1.29 is 23.9 Å². The van der Waals surface area contributed by atoms with Crippen LogP contribution in [-0.2, 0) is 20.9 Å². The van der Waals surface area contributed by atoms with Gasteiger partial charge >= 0.3 is 5.97 Å². The molecule has 0 spiro atoms. The van der Waals surface area contributed by atoms with E-state index in [-0.39, 0.29) is 31.3 Å². The van der Waals surface area contributed by atoms with E-state index < -0.39 is 11.9 Å². The lowest BCUT2D eigenvalue weighted by molar-refractivity contribution is -0.147. The number of rotatable bonds is 9. The van der Waals surface area contributed by atoms with E-state index in [2.05, 4.69) is 6.58 Å². The van der Waals surface area contributed by atoms with E-state index in [1.807, 2.05) is 37.5 Å². The van der Waals surface area contributed by atoms with Gasteiger partial charge in [-0.2, -0.15) is 0 Å². The number of aromatic nitrogens is 1. The van der Waals surface area contributed by atoms with Crippen LogP contribution < -0.4 is 9.64 Å². The van der Waals surface area contributed by atoms with E-state index >= 15 is 0 Å². The molecule has 2 heterocycles. The van der Waals surface area contributed by atoms with E-state index in [4.69, 9.17) is 9.47 Å². The molecule has 0 unspecified atom stereocenters. The Morgan fingerprint density at radius 2 is 2.00 bits per heavy atom. The number of ether oxygens (including phenoxy) is 2. The van der Waals surface area contributed by atoms with Gasteiger partial charge in [-0.3, -0.25) is 14.4 Å². The molecule has 1 amide bonds. The molecule has 7 nitrogen and oxygen atoms in total. The lowest BCUT2D eigenvalue weighted by atomic mass is 10.1. The number of ketones is 1. The molecule has 1 atom stereocenters. The number of carbonyl (C=O) groups is 3. The molecule has 7 heteroatoms. The fraction of sp³-hybridized carbons (Fsp3) is 0.375. The number of carbonyl (C=O) groups excluding carboxylic acids is 3. The smallest absolute Gasteiger partial charge is 0.311 e. The number of para-hydroxylation sites is 2. The first kappa shape index (κ1) is 22.3. The van der Waals surface area contributed by atoms with Crippen molar-refractivity contribution in [3.63, 3.8) is 0 Å². The van der Waals surface area contributed by atoms with Crippen LogP contribution in [0.1, 0.15) is 35.1 Å². The molecule has 0 N–H and O–H groups in total. The molecule has 0 bridgehead atoms. The Morgan fingerprint density at radius 3 is 2.71 bits per heavy atom. The Bertz CT molecular complexity index is 1010. The van der Waals surface area contributed by atoms with Crippen LogP contribution in [0.5, 0.6) is 5.75 Å². The van der Waals surface area contributed by atoms with Crippen LogP contribution in [0.25, 0.3) is 0 Å². The minimum absolute atomic E-state index is 0.0430. The molecule has 3 rings (SSSR count). The topological polar surface area (TPSA) is 77.8 Å². The Labute approximate surface area is 182 Å². The zero-order valence-corrected chi connectivity index (χ0v) is 18.2. The molecule has 164 valence electrons. The zero-order chi connectivity index (χ0) is 22.5. The van der Waals surface area contributed by atoms with Gasteiger partial charge in [0.25, 0.3) is 0 Å². The summed E-state index contributed by atoms with van der Waals surface area (Å²) in [5, 5.41) is 0. The first-order valence-corrected chi connectivity index (χ1v) is 10.4. The number of hydrogen-bond acceptors (Lipinski definition) is 5. The maximum atomic E-state index is 12.6. The molecule has 0 saturated carbocycles. The summed E-state index contributed by atoms with van der Waals surface area (Å²) in [5.74, 6) is -1.01. The highest BCUT2D eigenvalue weighted by atomic mass is 16.5. The molecule has 0 aliphatic carbocycles. The Kier molecular flexibility index (Phi) is 6.95. The van der Waals surface area contributed by atoms with Crippen molar-refractivity contribution in [3.05, 3.63) is 59.9 Å². The van der Waals surface area contributed by atoms with Crippen LogP contribution in [0.15, 0.2) is 43.0 Å². The third-order valence-electron chi connectivity index (χ3n) is 5.45. The first-order valence-electron chi connectivity index (χ1n) is 10.4. The number of Topliss-reactive ketones (excluding diaryl/α,β-unsaturated/α-hetero) is 1. The van der Waals surface area contributed by atoms with Crippen molar-refractivity contribution in [2.75, 3.05) is 24.7 Å². The predicted octanol–water partition coefficient (Wildman–Crippen LogP) is 3.47. The van der Waals surface area contributed by atoms with Gasteiger partial charge in [0.15, 0.2) is 6.61 Å². The fourth-order valence-corrected chi connectivity index (χ4v) is 3.88. The summed E-state index contributed by atoms with van der Waals surface area (Å²) >= 11 is 0. The lowest BCUT2D eigenvalue weighted by Crippen LogP contribution is -2.27. The fourth-order valence-electron chi connectivity index (χ4n) is 3.88. The molecule has 1 aliphatic rings. The second-order valence-electron chi connectivity index (χ2n) is 7.52. The largest absolute Gasteiger partial charge is 0.492 e. The molecule has 1 fully saturated rings. The minimum Gasteiger partial charge on any atom is -0.492 e. The van der Waals surface area contributed by atoms with Crippen LogP contribution >= 0.6 is 0 Å². The number of allylic oxidation sites excluding steroid dienone is 1. The van der Waals surface area contributed by atoms with Crippen LogP contribution in [-0.4, -0.2) is 42.0 Å². The van der Waals surface area contributed by atoms with Gasteiger partial charge in [-0.15, -0.1) is 6.58 Å². The van der Waals surface area contributed by atoms with Gasteiger partial charge < -0.3 is 18.9 Å². The summed E-state index contributed by atoms with van der Waals surface area (Å²) in [6.45, 7) is 10.3. The summed E-state index contributed by atoms with van der Waals surface area (Å²) in [5.41, 5.74) is 2.92. The van der Waals surface area contributed by atoms with Gasteiger partial charge in [-0.05, 0) is 39.0 Å². The van der Waals surface area contributed by atoms with Crippen molar-refractivity contribution in [2.45, 2.75) is 33.7 Å². The molecule has 1 aliphatic heterocycles. The van der Waals surface area contributed by atoms with Crippen molar-refractivity contribution in [1.29, 1.82) is 0 Å². The van der Waals surface area contributed by atoms with Gasteiger partial charge in [-0.1, -0.05) is 18.2 Å². The lowest BCUT2D eigenvalue weighted by Gasteiger charge is -2.19. The molecule has 1 saturated heterocycles. The highest BCUT2D eigenvalue weighted by Crippen LogP contribution is 2.33. The van der Waals surface area contributed by atoms with Gasteiger partial charge in [0.05, 0.1) is 18.2 Å². The standard InChI is InChI=1S/C24H28N2O5/c1-5-11-25-16(3)12-19(17(25)4)21(27)15-31-24(29)18-13-23(28)26(14-18)20-9-7-8-10-22(20)30-6-2/h5,7-10,12,18H,1,6,11,13-15H2,2-4H3/t18-/m1/s1. The monoisotopic (exact) mass is 424 g/mol. The molecular weight excluding hydrogens is 396 g/mol. The normalized spacial score (nSPS) is 15.8. The van der Waals surface area contributed by atoms with Crippen LogP contribution in [0.3, 0.4) is 0 Å². The van der Waals surface area contributed by atoms with Crippen LogP contribution in [0.4, 0.5) is 5.69 Å². The minimum atomic E-state index is -0.622. The SMILES string of the molecule is C=CCn1c(C)cc(C(=O)COC(=O)[C@@H]2CC(=O)N(c3ccccc3OCC)C2)c1C. The van der Waals surface area contributed by atoms with Crippen LogP contribution in [0.2, 0.25) is 0 Å². The number of esters is 1. The van der Waals surface area contributed by atoms with Crippen molar-refractivity contribution in [3.8, 4) is 5.75 Å². The van der Waals surface area contributed by atoms with Gasteiger partial charge in [-0.25, -0.2) is 0 Å². The highest BCUT2D eigenvalue weighted by molar-refractivity contribution is 6.02. The third-order valence-corrected chi connectivity index (χ3v) is 5.45. The van der Waals surface area contributed by atoms with E-state index in [0.717, 1.165) is 11.4 Å². The Balaban J connectivity index is 1.63. The van der Waals surface area contributed by atoms with Gasteiger partial charge in [0.1, 0.15) is 5.75 Å². The number of benzene rings is 1. The first-order chi connectivity index (χ1) is 14.9. The molecule has 1 aromatic heterocycles. The third kappa shape index (κ3) is 4.71. The Morgan fingerprint density at radius 1 is 1.26 bits per heavy atom. The van der Waals surface area contributed by atoms with Crippen molar-refractivity contribution in [1.82, 2.24) is 4.57 Å². The summed E-state index contributed by atoms with van der Waals surface area (Å²) in [6.07, 6.45) is 1.81. The predicted molar refractivity (Wildman–Crippen MR) is 117 cm³/mol. The molecule has 2 aromatic rings. The maximum Gasteiger partial charge on any atom is 0.311 e. The van der Waals surface area contributed by atoms with Crippen LogP contribution in [0, 0.1) is 19.8 Å². The summed E-state index contributed by atoms with van der Waals surface area (Å²) < 4.78 is 12.9. The highest BCUT2D eigenvalue weighted by Gasteiger charge is 2.37. The molecular formula is C24H28N2O5. The Hall–Kier alpha value is -3.35. The number of amides is 1. The van der Waals surface area contributed by atoms with E-state index in [1.54, 1.807) is 29.2 Å². The van der Waals surface area contributed by atoms with Crippen molar-refractivity contribution >= 4 is 23.3 Å². The van der Waals surface area contributed by atoms with E-state index in [1.165, 1.54) is 0 Å². The quantitative estimate of drug-likeness (QED) is 0.350. The number of nitrogens with zero attached hydrogens (tertiary/aromatic N) is 2. The van der Waals surface area contributed by atoms with E-state index in [9.17, 15) is 14.4 Å². The average Bonchev–Trinajstić information content (AvgIpc) is 3.27. The van der Waals surface area contributed by atoms with E-state index in [0.29, 0.717) is 30.2 Å². The average molecular weight is 424 g/mol. The number of anilines is 1. The maximum absolute atomic E-state index is 12.6. The second kappa shape index (κ2) is 9.64. The second-order valence-corrected chi connectivity index (χ2v) is 7.52. The number of aryl methyl sites for hydroxylation is 1. The summed E-state index contributed by atoms with van der Waals surface area (Å²) in [7, 11) is 0.